The number of hydrogen-bond donors (Lipinski definition) is 4. The van der Waals surface area contributed by atoms with Crippen molar-refractivity contribution in [3.63, 3.8) is 0 Å². The van der Waals surface area contributed by atoms with Gasteiger partial charge in [0.2, 0.25) is 23.6 Å². The second-order valence-corrected chi connectivity index (χ2v) is 19.8. The van der Waals surface area contributed by atoms with Crippen LogP contribution in [0.4, 0.5) is 0 Å². The standard InChI is InChI=1S/C55H99N13O13/c1-5-6-7-8-9-10-11-12-13-14-54(72)59-55(18-15-51(69)56-21-27-73-33-39-79-42-36-76-30-24-66-45-48(2)60-63-66,19-16-52(70)57-22-28-74-34-40-80-43-37-77-31-25-67-46-49(3)61-64-67)20-17-53(71)58-23-29-75-35-41-81-44-38-78-32-26-68-47-50(4)62-65-68/h45-47H,5-44H2,1-4H3,(H,56,69)(H,57,70)(H,58,71)(H,59,72). The van der Waals surface area contributed by atoms with Crippen LogP contribution >= 0.6 is 0 Å². The summed E-state index contributed by atoms with van der Waals surface area (Å²) in [6.07, 6.45) is 16.6. The number of nitrogens with zero attached hydrogens (tertiary/aromatic N) is 9. The largest absolute Gasteiger partial charge is 0.377 e. The number of aromatic nitrogens is 9. The van der Waals surface area contributed by atoms with Crippen LogP contribution in [0.15, 0.2) is 18.6 Å². The maximum atomic E-state index is 13.8. The summed E-state index contributed by atoms with van der Waals surface area (Å²) in [6.45, 7) is 17.6. The van der Waals surface area contributed by atoms with Crippen LogP contribution in [0.2, 0.25) is 0 Å². The van der Waals surface area contributed by atoms with Gasteiger partial charge in [0.15, 0.2) is 0 Å². The Bertz CT molecular complexity index is 1850. The summed E-state index contributed by atoms with van der Waals surface area (Å²) in [5.41, 5.74) is 1.53. The molecule has 3 rings (SSSR count). The second-order valence-electron chi connectivity index (χ2n) is 19.8. The first-order valence-corrected chi connectivity index (χ1v) is 29.5. The molecule has 0 radical (unpaired) electrons. The molecule has 0 aliphatic carbocycles. The van der Waals surface area contributed by atoms with E-state index in [1.54, 1.807) is 14.0 Å². The van der Waals surface area contributed by atoms with Gasteiger partial charge in [0.05, 0.1) is 156 Å². The van der Waals surface area contributed by atoms with Crippen LogP contribution in [0.25, 0.3) is 0 Å². The first-order chi connectivity index (χ1) is 39.6. The Morgan fingerprint density at radius 2 is 0.667 bits per heavy atom. The van der Waals surface area contributed by atoms with Crippen molar-refractivity contribution in [1.29, 1.82) is 0 Å². The van der Waals surface area contributed by atoms with Crippen LogP contribution in [0.1, 0.15) is 127 Å². The monoisotopic (exact) mass is 1150 g/mol. The maximum Gasteiger partial charge on any atom is 0.220 e. The van der Waals surface area contributed by atoms with E-state index in [4.69, 9.17) is 42.6 Å². The van der Waals surface area contributed by atoms with Gasteiger partial charge in [0, 0.05) is 69.4 Å². The molecule has 81 heavy (non-hydrogen) atoms. The Morgan fingerprint density at radius 3 is 0.963 bits per heavy atom. The molecule has 0 saturated carbocycles. The lowest BCUT2D eigenvalue weighted by Crippen LogP contribution is -2.50. The molecule has 0 aliphatic heterocycles. The topological polar surface area (TPSA) is 292 Å². The first-order valence-electron chi connectivity index (χ1n) is 29.5. The van der Waals surface area contributed by atoms with Crippen LogP contribution in [-0.4, -0.2) is 213 Å². The van der Waals surface area contributed by atoms with Crippen LogP contribution in [0, 0.1) is 20.8 Å². The third-order valence-corrected chi connectivity index (χ3v) is 12.7. The minimum Gasteiger partial charge on any atom is -0.377 e. The van der Waals surface area contributed by atoms with E-state index in [1.165, 1.54) is 32.1 Å². The van der Waals surface area contributed by atoms with Gasteiger partial charge in [-0.3, -0.25) is 19.2 Å². The fourth-order valence-electron chi connectivity index (χ4n) is 8.24. The van der Waals surface area contributed by atoms with E-state index in [9.17, 15) is 19.2 Å². The van der Waals surface area contributed by atoms with Crippen molar-refractivity contribution in [3.8, 4) is 0 Å². The van der Waals surface area contributed by atoms with Crippen LogP contribution in [-0.2, 0) is 81.4 Å². The zero-order valence-electron chi connectivity index (χ0n) is 49.3. The number of ether oxygens (including phenoxy) is 9. The summed E-state index contributed by atoms with van der Waals surface area (Å²) in [5.74, 6) is -0.883. The summed E-state index contributed by atoms with van der Waals surface area (Å²) >= 11 is 0. The van der Waals surface area contributed by atoms with Crippen molar-refractivity contribution >= 4 is 23.6 Å². The molecular weight excluding hydrogens is 1050 g/mol. The molecule has 3 aromatic rings. The summed E-state index contributed by atoms with van der Waals surface area (Å²) in [4.78, 5) is 53.9. The van der Waals surface area contributed by atoms with Crippen LogP contribution < -0.4 is 21.3 Å². The lowest BCUT2D eigenvalue weighted by Gasteiger charge is -2.35. The third kappa shape index (κ3) is 39.1. The van der Waals surface area contributed by atoms with Gasteiger partial charge in [-0.2, -0.15) is 0 Å². The van der Waals surface area contributed by atoms with Gasteiger partial charge < -0.3 is 63.9 Å². The molecule has 26 heteroatoms. The average molecular weight is 1150 g/mol. The highest BCUT2D eigenvalue weighted by Crippen LogP contribution is 2.27. The Labute approximate surface area is 480 Å². The number of nitrogens with one attached hydrogen (secondary N) is 4. The van der Waals surface area contributed by atoms with E-state index in [0.717, 1.165) is 36.3 Å². The van der Waals surface area contributed by atoms with Gasteiger partial charge in [-0.1, -0.05) is 73.9 Å². The van der Waals surface area contributed by atoms with E-state index in [1.807, 2.05) is 39.4 Å². The van der Waals surface area contributed by atoms with Crippen molar-refractivity contribution in [2.75, 3.05) is 139 Å². The summed E-state index contributed by atoms with van der Waals surface area (Å²) in [6, 6.07) is 0. The van der Waals surface area contributed by atoms with Crippen molar-refractivity contribution < 1.29 is 61.8 Å². The van der Waals surface area contributed by atoms with Gasteiger partial charge in [-0.15, -0.1) is 15.3 Å². The van der Waals surface area contributed by atoms with E-state index in [0.29, 0.717) is 132 Å². The van der Waals surface area contributed by atoms with Gasteiger partial charge in [-0.25, -0.2) is 14.0 Å². The predicted octanol–water partition coefficient (Wildman–Crippen LogP) is 3.40. The van der Waals surface area contributed by atoms with Crippen molar-refractivity contribution in [2.24, 2.45) is 0 Å². The molecule has 26 nitrogen and oxygen atoms in total. The van der Waals surface area contributed by atoms with Gasteiger partial charge in [0.25, 0.3) is 0 Å². The Hall–Kier alpha value is -5.06. The van der Waals surface area contributed by atoms with Crippen LogP contribution in [0.3, 0.4) is 0 Å². The Morgan fingerprint density at radius 1 is 0.383 bits per heavy atom. The first kappa shape index (κ1) is 70.2. The quantitative estimate of drug-likeness (QED) is 0.0589. The molecule has 462 valence electrons. The van der Waals surface area contributed by atoms with Crippen molar-refractivity contribution in [3.05, 3.63) is 35.7 Å². The minimum atomic E-state index is -1.03. The normalized spacial score (nSPS) is 11.6. The zero-order chi connectivity index (χ0) is 58.1. The molecule has 0 spiro atoms. The number of amides is 4. The number of carbonyl (C=O) groups excluding carboxylic acids is 4. The predicted molar refractivity (Wildman–Crippen MR) is 301 cm³/mol. The summed E-state index contributed by atoms with van der Waals surface area (Å²) in [7, 11) is 0. The molecule has 0 unspecified atom stereocenters. The Kier molecular flexibility index (Phi) is 41.1. The molecule has 3 aromatic heterocycles. The lowest BCUT2D eigenvalue weighted by molar-refractivity contribution is -0.127. The number of aryl methyl sites for hydroxylation is 3. The van der Waals surface area contributed by atoms with E-state index in [-0.39, 0.29) is 102 Å². The molecule has 0 aliphatic rings. The molecule has 0 bridgehead atoms. The second kappa shape index (κ2) is 47.4. The van der Waals surface area contributed by atoms with Gasteiger partial charge >= 0.3 is 0 Å². The highest BCUT2D eigenvalue weighted by atomic mass is 16.6. The molecule has 4 amide bonds. The molecule has 0 atom stereocenters. The number of unbranched alkanes of at least 4 members (excludes halogenated alkanes) is 8. The van der Waals surface area contributed by atoms with E-state index in [2.05, 4.69) is 59.1 Å². The third-order valence-electron chi connectivity index (χ3n) is 12.7. The van der Waals surface area contributed by atoms with Gasteiger partial charge in [0.1, 0.15) is 0 Å². The van der Waals surface area contributed by atoms with E-state index < -0.39 is 5.54 Å². The minimum absolute atomic E-state index is 0.0523. The molecular formula is C55H99N13O13. The lowest BCUT2D eigenvalue weighted by atomic mass is 9.82. The SMILES string of the molecule is CCCCCCCCCCCC(=O)NC(CCC(=O)NCCOCCOCCOCCn1cc(C)nn1)(CCC(=O)NCCOCCOCCOCCn1cc(C)nn1)CCC(=O)NCCOCCOCCOCCn1cc(C)nn1. The fraction of sp³-hybridized carbons (Fsp3) is 0.818. The molecule has 0 aromatic carbocycles. The van der Waals surface area contributed by atoms with Crippen molar-refractivity contribution in [1.82, 2.24) is 66.2 Å². The molecule has 3 heterocycles. The zero-order valence-corrected chi connectivity index (χ0v) is 49.3. The number of hydrogen-bond acceptors (Lipinski definition) is 19. The number of rotatable bonds is 56. The molecule has 4 N–H and O–H groups in total. The van der Waals surface area contributed by atoms with Crippen molar-refractivity contribution in [2.45, 2.75) is 156 Å². The van der Waals surface area contributed by atoms with Crippen LogP contribution in [0.5, 0.6) is 0 Å². The van der Waals surface area contributed by atoms with Gasteiger partial charge in [-0.05, 0) is 46.5 Å². The summed E-state index contributed by atoms with van der Waals surface area (Å²) < 4.78 is 55.8. The fourth-order valence-corrected chi connectivity index (χ4v) is 8.24. The maximum absolute atomic E-state index is 13.8. The number of carbonyl (C=O) groups is 4. The molecule has 0 saturated heterocycles. The highest BCUT2D eigenvalue weighted by Gasteiger charge is 2.33. The molecule has 0 fully saturated rings. The van der Waals surface area contributed by atoms with E-state index >= 15 is 0 Å². The Balaban J connectivity index is 1.46. The smallest absolute Gasteiger partial charge is 0.220 e. The summed E-state index contributed by atoms with van der Waals surface area (Å²) in [5, 5.41) is 35.9. The average Bonchev–Trinajstić information content (AvgIpc) is 4.25. The highest BCUT2D eigenvalue weighted by molar-refractivity contribution is 5.80.